The van der Waals surface area contributed by atoms with E-state index < -0.39 is 11.9 Å². The van der Waals surface area contributed by atoms with Crippen LogP contribution >= 0.6 is 0 Å². The molecule has 1 aromatic carbocycles. The van der Waals surface area contributed by atoms with Crippen LogP contribution in [-0.2, 0) is 4.79 Å². The van der Waals surface area contributed by atoms with Crippen molar-refractivity contribution < 1.29 is 14.7 Å². The first-order chi connectivity index (χ1) is 8.50. The first kappa shape index (κ1) is 12.1. The maximum absolute atomic E-state index is 11.2. The average Bonchev–Trinajstić information content (AvgIpc) is 2.70. The van der Waals surface area contributed by atoms with Gasteiger partial charge in [0.25, 0.3) is 0 Å². The summed E-state index contributed by atoms with van der Waals surface area (Å²) in [5, 5.41) is 9.16. The summed E-state index contributed by atoms with van der Waals surface area (Å²) in [4.78, 5) is 26.2. The molecule has 0 aliphatic rings. The minimum atomic E-state index is -1.02. The standard InChI is InChI=1S/C12H13N3O3/c1-7(5-10(13)16)15-6-14-9-4-2-3-8(11(9)15)12(17)18/h2-4,6-7H,5H2,1H3,(H2,13,16)(H,17,18). The summed E-state index contributed by atoms with van der Waals surface area (Å²) >= 11 is 0. The Kier molecular flexibility index (Phi) is 3.01. The number of fused-ring (bicyclic) bond motifs is 1. The lowest BCUT2D eigenvalue weighted by Gasteiger charge is -2.13. The Balaban J connectivity index is 2.58. The predicted molar refractivity (Wildman–Crippen MR) is 65.2 cm³/mol. The molecule has 0 saturated heterocycles. The number of aromatic nitrogens is 2. The van der Waals surface area contributed by atoms with Crippen molar-refractivity contribution in [2.24, 2.45) is 5.73 Å². The molecule has 1 aromatic heterocycles. The molecule has 1 heterocycles. The summed E-state index contributed by atoms with van der Waals surface area (Å²) in [6.45, 7) is 1.80. The number of aromatic carboxylic acids is 1. The fraction of sp³-hybridized carbons (Fsp3) is 0.250. The van der Waals surface area contributed by atoms with Crippen LogP contribution in [0.2, 0.25) is 0 Å². The summed E-state index contributed by atoms with van der Waals surface area (Å²) in [6, 6.07) is 4.66. The first-order valence-electron chi connectivity index (χ1n) is 5.48. The fourth-order valence-corrected chi connectivity index (χ4v) is 1.99. The summed E-state index contributed by atoms with van der Waals surface area (Å²) in [6.07, 6.45) is 1.67. The highest BCUT2D eigenvalue weighted by Crippen LogP contribution is 2.23. The molecule has 1 amide bonds. The molecule has 6 heteroatoms. The maximum Gasteiger partial charge on any atom is 0.337 e. The Labute approximate surface area is 103 Å². The van der Waals surface area contributed by atoms with E-state index in [9.17, 15) is 9.59 Å². The number of hydrogen-bond donors (Lipinski definition) is 2. The summed E-state index contributed by atoms with van der Waals surface area (Å²) in [7, 11) is 0. The van der Waals surface area contributed by atoms with Crippen molar-refractivity contribution in [3.05, 3.63) is 30.1 Å². The molecule has 0 saturated carbocycles. The van der Waals surface area contributed by atoms with Gasteiger partial charge in [0.1, 0.15) is 0 Å². The highest BCUT2D eigenvalue weighted by atomic mass is 16.4. The molecular formula is C12H13N3O3. The highest BCUT2D eigenvalue weighted by Gasteiger charge is 2.17. The van der Waals surface area contributed by atoms with Gasteiger partial charge in [0.2, 0.25) is 5.91 Å². The fourth-order valence-electron chi connectivity index (χ4n) is 1.99. The molecular weight excluding hydrogens is 234 g/mol. The minimum Gasteiger partial charge on any atom is -0.478 e. The minimum absolute atomic E-state index is 0.138. The lowest BCUT2D eigenvalue weighted by molar-refractivity contribution is -0.118. The van der Waals surface area contributed by atoms with Crippen molar-refractivity contribution in [1.82, 2.24) is 9.55 Å². The molecule has 1 unspecified atom stereocenters. The van der Waals surface area contributed by atoms with Gasteiger partial charge in [-0.3, -0.25) is 4.79 Å². The van der Waals surface area contributed by atoms with E-state index in [2.05, 4.69) is 4.98 Å². The monoisotopic (exact) mass is 247 g/mol. The lowest BCUT2D eigenvalue weighted by Crippen LogP contribution is -2.17. The van der Waals surface area contributed by atoms with E-state index in [1.807, 2.05) is 0 Å². The normalized spacial score (nSPS) is 12.5. The van der Waals surface area contributed by atoms with Crippen LogP contribution in [0.15, 0.2) is 24.5 Å². The molecule has 3 N–H and O–H groups in total. The zero-order chi connectivity index (χ0) is 13.3. The molecule has 0 radical (unpaired) electrons. The second-order valence-electron chi connectivity index (χ2n) is 4.15. The number of primary amides is 1. The van der Waals surface area contributed by atoms with Gasteiger partial charge in [0.05, 0.1) is 22.9 Å². The maximum atomic E-state index is 11.2. The highest BCUT2D eigenvalue weighted by molar-refractivity contribution is 6.01. The van der Waals surface area contributed by atoms with Gasteiger partial charge >= 0.3 is 5.97 Å². The number of nitrogens with zero attached hydrogens (tertiary/aromatic N) is 2. The topological polar surface area (TPSA) is 98.2 Å². The number of carboxylic acids is 1. The number of benzene rings is 1. The van der Waals surface area contributed by atoms with Crippen molar-refractivity contribution in [3.8, 4) is 0 Å². The average molecular weight is 247 g/mol. The van der Waals surface area contributed by atoms with Crippen molar-refractivity contribution >= 4 is 22.9 Å². The van der Waals surface area contributed by atoms with Gasteiger partial charge in [-0.15, -0.1) is 0 Å². The van der Waals surface area contributed by atoms with E-state index in [1.165, 1.54) is 12.4 Å². The number of rotatable bonds is 4. The number of carbonyl (C=O) groups excluding carboxylic acids is 1. The second-order valence-corrected chi connectivity index (χ2v) is 4.15. The van der Waals surface area contributed by atoms with Crippen molar-refractivity contribution in [1.29, 1.82) is 0 Å². The molecule has 0 bridgehead atoms. The van der Waals surface area contributed by atoms with Crippen LogP contribution in [0.5, 0.6) is 0 Å². The Hall–Kier alpha value is -2.37. The lowest BCUT2D eigenvalue weighted by atomic mass is 10.1. The van der Waals surface area contributed by atoms with Gasteiger partial charge in [-0.05, 0) is 19.1 Å². The van der Waals surface area contributed by atoms with E-state index in [4.69, 9.17) is 10.8 Å². The van der Waals surface area contributed by atoms with Gasteiger partial charge in [-0.2, -0.15) is 0 Å². The van der Waals surface area contributed by atoms with E-state index >= 15 is 0 Å². The Morgan fingerprint density at radius 2 is 2.22 bits per heavy atom. The summed E-state index contributed by atoms with van der Waals surface area (Å²) in [5.74, 6) is -1.45. The number of carboxylic acid groups (broad SMARTS) is 1. The molecule has 2 rings (SSSR count). The number of hydrogen-bond acceptors (Lipinski definition) is 3. The van der Waals surface area contributed by atoms with Crippen LogP contribution in [0.1, 0.15) is 29.7 Å². The van der Waals surface area contributed by atoms with E-state index in [0.717, 1.165) is 0 Å². The number of carbonyl (C=O) groups is 2. The Morgan fingerprint density at radius 3 is 2.83 bits per heavy atom. The largest absolute Gasteiger partial charge is 0.478 e. The molecule has 0 spiro atoms. The quantitative estimate of drug-likeness (QED) is 0.847. The van der Waals surface area contributed by atoms with E-state index in [1.54, 1.807) is 23.6 Å². The van der Waals surface area contributed by atoms with E-state index in [0.29, 0.717) is 11.0 Å². The van der Waals surface area contributed by atoms with Gasteiger partial charge in [0.15, 0.2) is 0 Å². The van der Waals surface area contributed by atoms with Crippen LogP contribution in [-0.4, -0.2) is 26.5 Å². The summed E-state index contributed by atoms with van der Waals surface area (Å²) in [5.41, 5.74) is 6.42. The third kappa shape index (κ3) is 2.04. The van der Waals surface area contributed by atoms with Crippen molar-refractivity contribution in [3.63, 3.8) is 0 Å². The number of amides is 1. The molecule has 1 atom stereocenters. The molecule has 18 heavy (non-hydrogen) atoms. The summed E-state index contributed by atoms with van der Waals surface area (Å²) < 4.78 is 1.67. The molecule has 0 aliphatic carbocycles. The Bertz CT molecular complexity index is 618. The van der Waals surface area contributed by atoms with Crippen LogP contribution in [0.3, 0.4) is 0 Å². The van der Waals surface area contributed by atoms with Crippen LogP contribution < -0.4 is 5.73 Å². The zero-order valence-electron chi connectivity index (χ0n) is 9.83. The molecule has 6 nitrogen and oxygen atoms in total. The third-order valence-electron chi connectivity index (χ3n) is 2.80. The van der Waals surface area contributed by atoms with Gasteiger partial charge in [0, 0.05) is 12.5 Å². The molecule has 2 aromatic rings. The van der Waals surface area contributed by atoms with Gasteiger partial charge in [-0.25, -0.2) is 9.78 Å². The Morgan fingerprint density at radius 1 is 1.50 bits per heavy atom. The third-order valence-corrected chi connectivity index (χ3v) is 2.80. The van der Waals surface area contributed by atoms with Gasteiger partial charge in [-0.1, -0.05) is 6.07 Å². The van der Waals surface area contributed by atoms with Crippen molar-refractivity contribution in [2.45, 2.75) is 19.4 Å². The van der Waals surface area contributed by atoms with Crippen LogP contribution in [0, 0.1) is 0 Å². The zero-order valence-corrected chi connectivity index (χ0v) is 9.83. The van der Waals surface area contributed by atoms with E-state index in [-0.39, 0.29) is 18.0 Å². The van der Waals surface area contributed by atoms with Crippen LogP contribution in [0.25, 0.3) is 11.0 Å². The number of nitrogens with two attached hydrogens (primary N) is 1. The number of para-hydroxylation sites is 1. The van der Waals surface area contributed by atoms with Gasteiger partial charge < -0.3 is 15.4 Å². The smallest absolute Gasteiger partial charge is 0.337 e. The van der Waals surface area contributed by atoms with Crippen LogP contribution in [0.4, 0.5) is 0 Å². The molecule has 0 fully saturated rings. The SMILES string of the molecule is CC(CC(N)=O)n1cnc2cccc(C(=O)O)c21. The van der Waals surface area contributed by atoms with Crippen molar-refractivity contribution in [2.75, 3.05) is 0 Å². The molecule has 0 aliphatic heterocycles. The number of imidazole rings is 1. The molecule has 94 valence electrons. The second kappa shape index (κ2) is 4.48. The predicted octanol–water partition coefficient (Wildman–Crippen LogP) is 1.17. The first-order valence-corrected chi connectivity index (χ1v) is 5.48.